The molecule has 12 heteroatoms. The SMILES string of the molecule is CCOC(=O)C1=C(C)N=c2s/c(=C/c3cn(CC(=O)N4CCOCC4)c4ccccc34)c(=O)n2[C@@H]1c1ccc(OC)c(Br)c1. The lowest BCUT2D eigenvalue weighted by Gasteiger charge is -2.27. The van der Waals surface area contributed by atoms with E-state index < -0.39 is 12.0 Å². The van der Waals surface area contributed by atoms with Gasteiger partial charge in [-0.05, 0) is 59.6 Å². The molecule has 0 aliphatic carbocycles. The highest BCUT2D eigenvalue weighted by Crippen LogP contribution is 2.35. The van der Waals surface area contributed by atoms with Gasteiger partial charge < -0.3 is 23.7 Å². The van der Waals surface area contributed by atoms with Crippen LogP contribution in [0.4, 0.5) is 0 Å². The van der Waals surface area contributed by atoms with Gasteiger partial charge in [0.1, 0.15) is 12.3 Å². The number of hydrogen-bond acceptors (Lipinski definition) is 8. The predicted octanol–water partition coefficient (Wildman–Crippen LogP) is 3.38. The van der Waals surface area contributed by atoms with E-state index in [9.17, 15) is 14.4 Å². The number of ether oxygens (including phenoxy) is 3. The van der Waals surface area contributed by atoms with Crippen molar-refractivity contribution in [2.75, 3.05) is 40.0 Å². The molecule has 2 aliphatic rings. The summed E-state index contributed by atoms with van der Waals surface area (Å²) in [5, 5.41) is 0.923. The van der Waals surface area contributed by atoms with Gasteiger partial charge in [0.15, 0.2) is 4.80 Å². The molecule has 2 aromatic carbocycles. The van der Waals surface area contributed by atoms with Crippen LogP contribution in [0.5, 0.6) is 5.75 Å². The normalized spacial score (nSPS) is 17.0. The molecule has 0 saturated carbocycles. The highest BCUT2D eigenvalue weighted by atomic mass is 79.9. The molecule has 1 fully saturated rings. The Morgan fingerprint density at radius 3 is 2.68 bits per heavy atom. The molecule has 1 amide bonds. The monoisotopic (exact) mass is 678 g/mol. The molecule has 0 bridgehead atoms. The number of fused-ring (bicyclic) bond motifs is 2. The van der Waals surface area contributed by atoms with E-state index in [1.807, 2.05) is 58.1 Å². The molecule has 4 aromatic rings. The maximum absolute atomic E-state index is 14.2. The summed E-state index contributed by atoms with van der Waals surface area (Å²) in [7, 11) is 1.58. The Kier molecular flexibility index (Phi) is 8.57. The first kappa shape index (κ1) is 30.0. The summed E-state index contributed by atoms with van der Waals surface area (Å²) in [5.74, 6) is 0.128. The Balaban J connectivity index is 1.47. The summed E-state index contributed by atoms with van der Waals surface area (Å²) in [6, 6.07) is 12.5. The number of thiazole rings is 1. The number of aromatic nitrogens is 2. The van der Waals surface area contributed by atoms with Crippen molar-refractivity contribution in [2.45, 2.75) is 26.4 Å². The first-order valence-electron chi connectivity index (χ1n) is 14.3. The lowest BCUT2D eigenvalue weighted by atomic mass is 9.96. The van der Waals surface area contributed by atoms with Gasteiger partial charge in [0.2, 0.25) is 5.91 Å². The molecule has 2 aromatic heterocycles. The van der Waals surface area contributed by atoms with Gasteiger partial charge in [0.25, 0.3) is 5.56 Å². The van der Waals surface area contributed by atoms with Gasteiger partial charge in [-0.2, -0.15) is 0 Å². The molecule has 6 rings (SSSR count). The Bertz CT molecular complexity index is 1990. The first-order valence-corrected chi connectivity index (χ1v) is 15.9. The molecule has 2 aliphatic heterocycles. The zero-order chi connectivity index (χ0) is 31.0. The number of para-hydroxylation sites is 1. The molecule has 1 saturated heterocycles. The second-order valence-corrected chi connectivity index (χ2v) is 12.3. The summed E-state index contributed by atoms with van der Waals surface area (Å²) in [5.41, 5.74) is 2.94. The van der Waals surface area contributed by atoms with Crippen molar-refractivity contribution in [3.05, 3.63) is 95.2 Å². The van der Waals surface area contributed by atoms with Crippen molar-refractivity contribution in [1.82, 2.24) is 14.0 Å². The van der Waals surface area contributed by atoms with Crippen LogP contribution in [0.1, 0.15) is 31.0 Å². The Hall–Kier alpha value is -4.00. The Labute approximate surface area is 265 Å². The summed E-state index contributed by atoms with van der Waals surface area (Å²) in [6.07, 6.45) is 3.75. The molecule has 0 radical (unpaired) electrons. The van der Waals surface area contributed by atoms with Gasteiger partial charge in [-0.15, -0.1) is 0 Å². The second kappa shape index (κ2) is 12.5. The van der Waals surface area contributed by atoms with Gasteiger partial charge in [0, 0.05) is 35.8 Å². The fraction of sp³-hybridized carbons (Fsp3) is 0.312. The predicted molar refractivity (Wildman–Crippen MR) is 170 cm³/mol. The Morgan fingerprint density at radius 1 is 1.18 bits per heavy atom. The van der Waals surface area contributed by atoms with Gasteiger partial charge >= 0.3 is 5.97 Å². The van der Waals surface area contributed by atoms with Crippen molar-refractivity contribution >= 4 is 56.1 Å². The fourth-order valence-corrected chi connectivity index (χ4v) is 7.28. The largest absolute Gasteiger partial charge is 0.496 e. The van der Waals surface area contributed by atoms with Gasteiger partial charge in [-0.25, -0.2) is 9.79 Å². The standard InChI is InChI=1S/C32H31BrN4O6S/c1-4-43-31(40)28-19(2)34-32-37(29(28)20-9-10-25(41-3)23(33)15-20)30(39)26(44-32)16-21-17-36(24-8-6-5-7-22(21)24)18-27(38)35-11-13-42-14-12-35/h5-10,15-17,29H,4,11-14,18H2,1-3H3/b26-16+/t29-/m1/s1. The van der Waals surface area contributed by atoms with Crippen LogP contribution in [-0.2, 0) is 25.6 Å². The highest BCUT2D eigenvalue weighted by Gasteiger charge is 2.33. The van der Waals surface area contributed by atoms with E-state index in [1.165, 1.54) is 11.3 Å². The van der Waals surface area contributed by atoms with Crippen molar-refractivity contribution in [3.8, 4) is 5.75 Å². The molecule has 0 N–H and O–H groups in total. The molecule has 228 valence electrons. The number of carbonyl (C=O) groups excluding carboxylic acids is 2. The minimum atomic E-state index is -0.748. The number of rotatable bonds is 7. The van der Waals surface area contributed by atoms with E-state index in [-0.39, 0.29) is 24.6 Å². The quantitative estimate of drug-likeness (QED) is 0.278. The molecular formula is C32H31BrN4O6S. The number of carbonyl (C=O) groups is 2. The number of allylic oxidation sites excluding steroid dienone is 1. The van der Waals surface area contributed by atoms with Crippen LogP contribution in [0.3, 0.4) is 0 Å². The smallest absolute Gasteiger partial charge is 0.338 e. The number of halogens is 1. The van der Waals surface area contributed by atoms with Crippen LogP contribution in [-0.4, -0.2) is 65.9 Å². The molecule has 1 atom stereocenters. The molecule has 0 spiro atoms. The van der Waals surface area contributed by atoms with Crippen molar-refractivity contribution in [3.63, 3.8) is 0 Å². The molecule has 44 heavy (non-hydrogen) atoms. The third kappa shape index (κ3) is 5.53. The van der Waals surface area contributed by atoms with Crippen molar-refractivity contribution in [1.29, 1.82) is 0 Å². The van der Waals surface area contributed by atoms with E-state index >= 15 is 0 Å². The lowest BCUT2D eigenvalue weighted by molar-refractivity contribution is -0.139. The van der Waals surface area contributed by atoms with E-state index in [0.29, 0.717) is 62.7 Å². The van der Waals surface area contributed by atoms with Crippen LogP contribution in [0.25, 0.3) is 17.0 Å². The number of morpholine rings is 1. The lowest BCUT2D eigenvalue weighted by Crippen LogP contribution is -2.42. The van der Waals surface area contributed by atoms with Gasteiger partial charge in [-0.1, -0.05) is 35.6 Å². The number of hydrogen-bond donors (Lipinski definition) is 0. The number of esters is 1. The summed E-state index contributed by atoms with van der Waals surface area (Å²) in [4.78, 5) is 47.5. The summed E-state index contributed by atoms with van der Waals surface area (Å²) < 4.78 is 20.9. The average Bonchev–Trinajstić information content (AvgIpc) is 3.52. The summed E-state index contributed by atoms with van der Waals surface area (Å²) in [6.45, 7) is 6.10. The van der Waals surface area contributed by atoms with Crippen LogP contribution >= 0.6 is 27.3 Å². The second-order valence-electron chi connectivity index (χ2n) is 10.4. The third-order valence-electron chi connectivity index (χ3n) is 7.78. The fourth-order valence-electron chi connectivity index (χ4n) is 5.68. The average molecular weight is 680 g/mol. The topological polar surface area (TPSA) is 104 Å². The third-order valence-corrected chi connectivity index (χ3v) is 9.39. The maximum Gasteiger partial charge on any atom is 0.338 e. The first-order chi connectivity index (χ1) is 21.3. The van der Waals surface area contributed by atoms with E-state index in [0.717, 1.165) is 16.5 Å². The molecule has 0 unspecified atom stereocenters. The zero-order valence-corrected chi connectivity index (χ0v) is 26.9. The van der Waals surface area contributed by atoms with E-state index in [2.05, 4.69) is 20.9 Å². The van der Waals surface area contributed by atoms with Crippen molar-refractivity contribution in [2.24, 2.45) is 4.99 Å². The van der Waals surface area contributed by atoms with Crippen LogP contribution in [0, 0.1) is 0 Å². The zero-order valence-electron chi connectivity index (χ0n) is 24.5. The minimum absolute atomic E-state index is 0.0209. The number of amides is 1. The number of methoxy groups -OCH3 is 1. The highest BCUT2D eigenvalue weighted by molar-refractivity contribution is 9.10. The van der Waals surface area contributed by atoms with Gasteiger partial charge in [-0.3, -0.25) is 14.2 Å². The van der Waals surface area contributed by atoms with E-state index in [1.54, 1.807) is 31.6 Å². The molecular weight excluding hydrogens is 648 g/mol. The molecule has 10 nitrogen and oxygen atoms in total. The van der Waals surface area contributed by atoms with E-state index in [4.69, 9.17) is 14.2 Å². The van der Waals surface area contributed by atoms with Crippen molar-refractivity contribution < 1.29 is 23.8 Å². The van der Waals surface area contributed by atoms with Gasteiger partial charge in [0.05, 0.1) is 53.2 Å². The minimum Gasteiger partial charge on any atom is -0.496 e. The molecule has 4 heterocycles. The Morgan fingerprint density at radius 2 is 1.95 bits per heavy atom. The summed E-state index contributed by atoms with van der Waals surface area (Å²) >= 11 is 4.80. The van der Waals surface area contributed by atoms with Crippen LogP contribution in [0.15, 0.2) is 74.2 Å². The van der Waals surface area contributed by atoms with Crippen LogP contribution < -0.4 is 19.6 Å². The number of nitrogens with zero attached hydrogens (tertiary/aromatic N) is 4. The van der Waals surface area contributed by atoms with Crippen LogP contribution in [0.2, 0.25) is 0 Å². The maximum atomic E-state index is 14.2. The number of benzene rings is 2.